The highest BCUT2D eigenvalue weighted by molar-refractivity contribution is 5.85. The topological polar surface area (TPSA) is 59.6 Å². The van der Waals surface area contributed by atoms with E-state index in [1.807, 2.05) is 6.07 Å². The molecular weight excluding hydrogens is 316 g/mol. The van der Waals surface area contributed by atoms with Gasteiger partial charge in [0.15, 0.2) is 0 Å². The molecule has 2 rings (SSSR count). The van der Waals surface area contributed by atoms with Crippen LogP contribution in [-0.4, -0.2) is 46.4 Å². The van der Waals surface area contributed by atoms with Crippen LogP contribution in [0.3, 0.4) is 0 Å². The van der Waals surface area contributed by atoms with E-state index in [1.54, 1.807) is 14.2 Å². The van der Waals surface area contributed by atoms with E-state index in [0.717, 1.165) is 37.2 Å². The standard InChI is InChI=1S/C17H26N2O3.ClH/c1-21-10-9-19-17(20)12-15-4-3-14(11-16(15)22-2)13-5-7-18-8-6-13;/h3-4,11,13,18H,5-10,12H2,1-2H3,(H,19,20);1H. The minimum Gasteiger partial charge on any atom is -0.496 e. The Morgan fingerprint density at radius 2 is 2.04 bits per heavy atom. The van der Waals surface area contributed by atoms with E-state index in [4.69, 9.17) is 9.47 Å². The quantitative estimate of drug-likeness (QED) is 0.743. The molecule has 0 aromatic heterocycles. The van der Waals surface area contributed by atoms with Crippen LogP contribution in [0.2, 0.25) is 0 Å². The normalized spacial score (nSPS) is 14.9. The van der Waals surface area contributed by atoms with Gasteiger partial charge in [0.05, 0.1) is 20.1 Å². The molecule has 0 spiro atoms. The zero-order chi connectivity index (χ0) is 15.8. The van der Waals surface area contributed by atoms with Crippen molar-refractivity contribution >= 4 is 18.3 Å². The fourth-order valence-corrected chi connectivity index (χ4v) is 2.84. The van der Waals surface area contributed by atoms with Gasteiger partial charge in [-0.15, -0.1) is 12.4 Å². The van der Waals surface area contributed by atoms with E-state index in [1.165, 1.54) is 5.56 Å². The Kier molecular flexibility index (Phi) is 8.99. The molecule has 1 saturated heterocycles. The third-order valence-corrected chi connectivity index (χ3v) is 4.10. The van der Waals surface area contributed by atoms with Crippen molar-refractivity contribution < 1.29 is 14.3 Å². The van der Waals surface area contributed by atoms with E-state index in [-0.39, 0.29) is 18.3 Å². The summed E-state index contributed by atoms with van der Waals surface area (Å²) in [5.41, 5.74) is 2.23. The summed E-state index contributed by atoms with van der Waals surface area (Å²) in [4.78, 5) is 11.9. The van der Waals surface area contributed by atoms with Crippen molar-refractivity contribution in [1.82, 2.24) is 10.6 Å². The second-order valence-corrected chi connectivity index (χ2v) is 5.62. The molecule has 1 amide bonds. The molecule has 0 unspecified atom stereocenters. The third-order valence-electron chi connectivity index (χ3n) is 4.10. The molecule has 0 radical (unpaired) electrons. The van der Waals surface area contributed by atoms with Gasteiger partial charge in [-0.25, -0.2) is 0 Å². The van der Waals surface area contributed by atoms with Crippen LogP contribution in [0.4, 0.5) is 0 Å². The number of nitrogens with one attached hydrogen (secondary N) is 2. The van der Waals surface area contributed by atoms with Crippen molar-refractivity contribution in [2.45, 2.75) is 25.2 Å². The van der Waals surface area contributed by atoms with Crippen molar-refractivity contribution in [3.05, 3.63) is 29.3 Å². The summed E-state index contributed by atoms with van der Waals surface area (Å²) < 4.78 is 10.4. The second kappa shape index (κ2) is 10.5. The first-order chi connectivity index (χ1) is 10.7. The maximum Gasteiger partial charge on any atom is 0.224 e. The number of methoxy groups -OCH3 is 2. The molecule has 1 aromatic carbocycles. The first kappa shape index (κ1) is 19.7. The van der Waals surface area contributed by atoms with Gasteiger partial charge in [0.25, 0.3) is 0 Å². The van der Waals surface area contributed by atoms with Crippen LogP contribution in [-0.2, 0) is 16.0 Å². The number of hydrogen-bond acceptors (Lipinski definition) is 4. The number of ether oxygens (including phenoxy) is 2. The monoisotopic (exact) mass is 342 g/mol. The summed E-state index contributed by atoms with van der Waals surface area (Å²) in [6.45, 7) is 3.19. The van der Waals surface area contributed by atoms with Gasteiger partial charge in [0, 0.05) is 19.2 Å². The van der Waals surface area contributed by atoms with Crippen LogP contribution >= 0.6 is 12.4 Å². The number of amides is 1. The van der Waals surface area contributed by atoms with Crippen LogP contribution in [0, 0.1) is 0 Å². The Labute approximate surface area is 144 Å². The minimum absolute atomic E-state index is 0. The molecule has 1 aliphatic rings. The Bertz CT molecular complexity index is 491. The van der Waals surface area contributed by atoms with Gasteiger partial charge in [0.1, 0.15) is 5.75 Å². The fourth-order valence-electron chi connectivity index (χ4n) is 2.84. The number of carbonyl (C=O) groups is 1. The predicted octanol–water partition coefficient (Wildman–Crippen LogP) is 1.89. The van der Waals surface area contributed by atoms with Gasteiger partial charge >= 0.3 is 0 Å². The molecule has 2 N–H and O–H groups in total. The average molecular weight is 343 g/mol. The summed E-state index contributed by atoms with van der Waals surface area (Å²) in [5, 5.41) is 6.21. The predicted molar refractivity (Wildman–Crippen MR) is 93.7 cm³/mol. The molecule has 0 saturated carbocycles. The zero-order valence-corrected chi connectivity index (χ0v) is 14.7. The van der Waals surface area contributed by atoms with Gasteiger partial charge in [-0.3, -0.25) is 4.79 Å². The number of piperidine rings is 1. The Morgan fingerprint density at radius 3 is 2.70 bits per heavy atom. The first-order valence-electron chi connectivity index (χ1n) is 7.87. The molecule has 130 valence electrons. The van der Waals surface area contributed by atoms with E-state index < -0.39 is 0 Å². The SMILES string of the molecule is COCCNC(=O)Cc1ccc(C2CCNCC2)cc1OC.Cl. The molecule has 1 fully saturated rings. The number of carbonyl (C=O) groups excluding carboxylic acids is 1. The lowest BCUT2D eigenvalue weighted by Crippen LogP contribution is -2.28. The summed E-state index contributed by atoms with van der Waals surface area (Å²) in [7, 11) is 3.28. The van der Waals surface area contributed by atoms with Crippen molar-refractivity contribution in [2.24, 2.45) is 0 Å². The highest BCUT2D eigenvalue weighted by atomic mass is 35.5. The van der Waals surface area contributed by atoms with E-state index in [2.05, 4.69) is 22.8 Å². The molecule has 1 aliphatic heterocycles. The third kappa shape index (κ3) is 6.01. The molecule has 1 heterocycles. The van der Waals surface area contributed by atoms with Crippen molar-refractivity contribution in [2.75, 3.05) is 40.5 Å². The highest BCUT2D eigenvalue weighted by Gasteiger charge is 2.17. The number of halogens is 1. The maximum absolute atomic E-state index is 11.9. The summed E-state index contributed by atoms with van der Waals surface area (Å²) in [6.07, 6.45) is 2.64. The largest absolute Gasteiger partial charge is 0.496 e. The second-order valence-electron chi connectivity index (χ2n) is 5.62. The molecule has 23 heavy (non-hydrogen) atoms. The number of hydrogen-bond donors (Lipinski definition) is 2. The molecule has 0 aliphatic carbocycles. The van der Waals surface area contributed by atoms with Crippen molar-refractivity contribution in [3.63, 3.8) is 0 Å². The van der Waals surface area contributed by atoms with Gasteiger partial charge in [-0.05, 0) is 43.5 Å². The van der Waals surface area contributed by atoms with Crippen LogP contribution < -0.4 is 15.4 Å². The first-order valence-corrected chi connectivity index (χ1v) is 7.87. The van der Waals surface area contributed by atoms with Crippen molar-refractivity contribution in [3.8, 4) is 5.75 Å². The van der Waals surface area contributed by atoms with Gasteiger partial charge in [0.2, 0.25) is 5.91 Å². The highest BCUT2D eigenvalue weighted by Crippen LogP contribution is 2.30. The molecule has 0 atom stereocenters. The number of rotatable bonds is 7. The molecule has 6 heteroatoms. The van der Waals surface area contributed by atoms with Crippen molar-refractivity contribution in [1.29, 1.82) is 0 Å². The van der Waals surface area contributed by atoms with Crippen LogP contribution in [0.15, 0.2) is 18.2 Å². The molecule has 5 nitrogen and oxygen atoms in total. The summed E-state index contributed by atoms with van der Waals surface area (Å²) in [5.74, 6) is 1.38. The fraction of sp³-hybridized carbons (Fsp3) is 0.588. The maximum atomic E-state index is 11.9. The lowest BCUT2D eigenvalue weighted by atomic mass is 9.89. The zero-order valence-electron chi connectivity index (χ0n) is 13.9. The van der Waals surface area contributed by atoms with Gasteiger partial charge in [-0.1, -0.05) is 12.1 Å². The molecule has 0 bridgehead atoms. The van der Waals surface area contributed by atoms with Crippen LogP contribution in [0.25, 0.3) is 0 Å². The summed E-state index contributed by atoms with van der Waals surface area (Å²) >= 11 is 0. The average Bonchev–Trinajstić information content (AvgIpc) is 2.56. The minimum atomic E-state index is -0.00929. The lowest BCUT2D eigenvalue weighted by molar-refractivity contribution is -0.120. The van der Waals surface area contributed by atoms with Gasteiger partial charge in [-0.2, -0.15) is 0 Å². The smallest absolute Gasteiger partial charge is 0.224 e. The number of benzene rings is 1. The molecular formula is C17H27ClN2O3. The van der Waals surface area contributed by atoms with E-state index >= 15 is 0 Å². The molecule has 1 aromatic rings. The van der Waals surface area contributed by atoms with Crippen LogP contribution in [0.1, 0.15) is 29.9 Å². The summed E-state index contributed by atoms with van der Waals surface area (Å²) in [6, 6.07) is 6.25. The Hall–Kier alpha value is -1.30. The van der Waals surface area contributed by atoms with Crippen LogP contribution in [0.5, 0.6) is 5.75 Å². The Morgan fingerprint density at radius 1 is 1.30 bits per heavy atom. The van der Waals surface area contributed by atoms with Gasteiger partial charge < -0.3 is 20.1 Å². The Balaban J connectivity index is 0.00000264. The lowest BCUT2D eigenvalue weighted by Gasteiger charge is -2.23. The van der Waals surface area contributed by atoms with E-state index in [9.17, 15) is 4.79 Å². The van der Waals surface area contributed by atoms with E-state index in [0.29, 0.717) is 25.5 Å².